The van der Waals surface area contributed by atoms with E-state index in [0.717, 1.165) is 28.3 Å². The first kappa shape index (κ1) is 20.7. The van der Waals surface area contributed by atoms with Crippen LogP contribution in [-0.2, 0) is 9.59 Å². The molecular formula is C23H21N3O4S. The van der Waals surface area contributed by atoms with Gasteiger partial charge >= 0.3 is 0 Å². The Balaban J connectivity index is 1.45. The third-order valence-corrected chi connectivity index (χ3v) is 5.52. The van der Waals surface area contributed by atoms with Gasteiger partial charge in [-0.1, -0.05) is 13.0 Å². The van der Waals surface area contributed by atoms with Gasteiger partial charge in [-0.05, 0) is 48.9 Å². The lowest BCUT2D eigenvalue weighted by atomic mass is 10.1. The van der Waals surface area contributed by atoms with Gasteiger partial charge < -0.3 is 4.74 Å². The molecule has 0 aliphatic carbocycles. The van der Waals surface area contributed by atoms with Crippen LogP contribution in [0.5, 0.6) is 5.75 Å². The van der Waals surface area contributed by atoms with Gasteiger partial charge in [0.05, 0.1) is 18.0 Å². The Morgan fingerprint density at radius 3 is 2.58 bits per heavy atom. The van der Waals surface area contributed by atoms with Crippen LogP contribution in [-0.4, -0.2) is 29.3 Å². The molecule has 0 spiro atoms. The highest BCUT2D eigenvalue weighted by Crippen LogP contribution is 2.28. The van der Waals surface area contributed by atoms with E-state index in [2.05, 4.69) is 17.2 Å². The average molecular weight is 436 g/mol. The summed E-state index contributed by atoms with van der Waals surface area (Å²) in [6, 6.07) is 14.1. The van der Waals surface area contributed by atoms with Gasteiger partial charge in [0.15, 0.2) is 5.13 Å². The first-order chi connectivity index (χ1) is 15.0. The fourth-order valence-electron chi connectivity index (χ4n) is 3.23. The van der Waals surface area contributed by atoms with Crippen LogP contribution >= 0.6 is 11.3 Å². The Hall–Kier alpha value is -3.52. The summed E-state index contributed by atoms with van der Waals surface area (Å²) in [6.45, 7) is 2.73. The number of hydrogen-bond donors (Lipinski definition) is 1. The third-order valence-electron chi connectivity index (χ3n) is 4.77. The smallest absolute Gasteiger partial charge is 0.257 e. The quantitative estimate of drug-likeness (QED) is 0.552. The second-order valence-electron chi connectivity index (χ2n) is 7.04. The topological polar surface area (TPSA) is 88.6 Å². The van der Waals surface area contributed by atoms with E-state index in [1.807, 2.05) is 29.6 Å². The maximum atomic E-state index is 12.7. The van der Waals surface area contributed by atoms with Gasteiger partial charge in [-0.25, -0.2) is 4.98 Å². The first-order valence-corrected chi connectivity index (χ1v) is 10.9. The average Bonchev–Trinajstić information content (AvgIpc) is 3.38. The zero-order chi connectivity index (χ0) is 21.8. The van der Waals surface area contributed by atoms with Crippen LogP contribution in [0.2, 0.25) is 0 Å². The number of carbonyl (C=O) groups excluding carboxylic acids is 3. The van der Waals surface area contributed by atoms with Gasteiger partial charge in [-0.2, -0.15) is 0 Å². The van der Waals surface area contributed by atoms with Crippen LogP contribution in [0.15, 0.2) is 53.9 Å². The van der Waals surface area contributed by atoms with E-state index >= 15 is 0 Å². The van der Waals surface area contributed by atoms with Crippen molar-refractivity contribution >= 4 is 39.9 Å². The van der Waals surface area contributed by atoms with Crippen molar-refractivity contribution < 1.29 is 19.1 Å². The molecule has 0 bridgehead atoms. The molecule has 1 aromatic heterocycles. The second kappa shape index (κ2) is 9.09. The Bertz CT molecular complexity index is 1110. The maximum Gasteiger partial charge on any atom is 0.257 e. The predicted octanol–water partition coefficient (Wildman–Crippen LogP) is 4.50. The monoisotopic (exact) mass is 435 g/mol. The number of thiazole rings is 1. The fourth-order valence-corrected chi connectivity index (χ4v) is 3.94. The summed E-state index contributed by atoms with van der Waals surface area (Å²) in [4.78, 5) is 42.2. The van der Waals surface area contributed by atoms with Crippen molar-refractivity contribution in [3.05, 3.63) is 59.5 Å². The van der Waals surface area contributed by atoms with E-state index in [0.29, 0.717) is 23.0 Å². The molecule has 1 N–H and O–H groups in total. The molecule has 8 heteroatoms. The van der Waals surface area contributed by atoms with Crippen LogP contribution in [0.4, 0.5) is 10.8 Å². The maximum absolute atomic E-state index is 12.7. The number of nitrogens with zero attached hydrogens (tertiary/aromatic N) is 2. The molecule has 1 aliphatic rings. The van der Waals surface area contributed by atoms with E-state index in [1.165, 1.54) is 11.3 Å². The summed E-state index contributed by atoms with van der Waals surface area (Å²) in [5, 5.41) is 5.12. The molecule has 7 nitrogen and oxygen atoms in total. The molecule has 1 aliphatic heterocycles. The lowest BCUT2D eigenvalue weighted by molar-refractivity contribution is -0.121. The molecule has 0 atom stereocenters. The standard InChI is InChI=1S/C23H21N3O4S/c1-2-12-30-18-8-6-15(7-9-18)19-14-31-23(24-19)25-22(29)16-4-3-5-17(13-16)26-20(27)10-11-21(26)28/h3-9,13-14H,2,10-12H2,1H3,(H,24,25,29). The van der Waals surface area contributed by atoms with Crippen molar-refractivity contribution in [2.75, 3.05) is 16.8 Å². The highest BCUT2D eigenvalue weighted by molar-refractivity contribution is 7.14. The third kappa shape index (κ3) is 4.64. The van der Waals surface area contributed by atoms with E-state index in [-0.39, 0.29) is 30.6 Å². The SMILES string of the molecule is CCCOc1ccc(-c2csc(NC(=O)c3cccc(N4C(=O)CCC4=O)c3)n2)cc1. The summed E-state index contributed by atoms with van der Waals surface area (Å²) < 4.78 is 5.59. The molecule has 0 radical (unpaired) electrons. The highest BCUT2D eigenvalue weighted by Gasteiger charge is 2.30. The van der Waals surface area contributed by atoms with E-state index < -0.39 is 0 Å². The molecule has 2 heterocycles. The van der Waals surface area contributed by atoms with Gasteiger partial charge in [0.1, 0.15) is 5.75 Å². The minimum atomic E-state index is -0.356. The number of ether oxygens (including phenoxy) is 1. The van der Waals surface area contributed by atoms with Gasteiger partial charge in [0.25, 0.3) is 5.91 Å². The van der Waals surface area contributed by atoms with Gasteiger partial charge in [0.2, 0.25) is 11.8 Å². The number of rotatable bonds is 7. The van der Waals surface area contributed by atoms with Crippen LogP contribution in [0.25, 0.3) is 11.3 Å². The number of anilines is 2. The van der Waals surface area contributed by atoms with Crippen molar-refractivity contribution in [3.63, 3.8) is 0 Å². The summed E-state index contributed by atoms with van der Waals surface area (Å²) in [5.74, 6) is -0.0502. The number of hydrogen-bond acceptors (Lipinski definition) is 6. The predicted molar refractivity (Wildman–Crippen MR) is 119 cm³/mol. The number of aromatic nitrogens is 1. The number of carbonyl (C=O) groups is 3. The van der Waals surface area contributed by atoms with E-state index in [1.54, 1.807) is 24.3 Å². The first-order valence-electron chi connectivity index (χ1n) is 10.0. The summed E-state index contributed by atoms with van der Waals surface area (Å²) in [7, 11) is 0. The van der Waals surface area contributed by atoms with Crippen molar-refractivity contribution in [1.82, 2.24) is 4.98 Å². The zero-order valence-electron chi connectivity index (χ0n) is 17.0. The number of benzene rings is 2. The Kier molecular flexibility index (Phi) is 6.08. The van der Waals surface area contributed by atoms with Crippen molar-refractivity contribution in [2.45, 2.75) is 26.2 Å². The van der Waals surface area contributed by atoms with Crippen LogP contribution in [0.1, 0.15) is 36.5 Å². The van der Waals surface area contributed by atoms with Crippen LogP contribution in [0.3, 0.4) is 0 Å². The number of imide groups is 1. The van der Waals surface area contributed by atoms with Crippen molar-refractivity contribution in [3.8, 4) is 17.0 Å². The number of amides is 3. The van der Waals surface area contributed by atoms with Crippen LogP contribution in [0, 0.1) is 0 Å². The molecular weight excluding hydrogens is 414 g/mol. The lowest BCUT2D eigenvalue weighted by Gasteiger charge is -2.14. The van der Waals surface area contributed by atoms with Crippen LogP contribution < -0.4 is 15.0 Å². The molecule has 1 saturated heterocycles. The normalized spacial score (nSPS) is 13.5. The summed E-state index contributed by atoms with van der Waals surface area (Å²) in [5.41, 5.74) is 2.43. The highest BCUT2D eigenvalue weighted by atomic mass is 32.1. The van der Waals surface area contributed by atoms with Crippen molar-refractivity contribution in [2.24, 2.45) is 0 Å². The number of nitrogens with one attached hydrogen (secondary N) is 1. The Morgan fingerprint density at radius 1 is 1.13 bits per heavy atom. The van der Waals surface area contributed by atoms with E-state index in [4.69, 9.17) is 4.74 Å². The second-order valence-corrected chi connectivity index (χ2v) is 7.90. The Labute approximate surface area is 183 Å². The molecule has 2 aromatic carbocycles. The molecule has 3 amide bonds. The van der Waals surface area contributed by atoms with Crippen molar-refractivity contribution in [1.29, 1.82) is 0 Å². The molecule has 158 valence electrons. The molecule has 4 rings (SSSR count). The zero-order valence-corrected chi connectivity index (χ0v) is 17.8. The fraction of sp³-hybridized carbons (Fsp3) is 0.217. The molecule has 3 aromatic rings. The van der Waals surface area contributed by atoms with E-state index in [9.17, 15) is 14.4 Å². The van der Waals surface area contributed by atoms with Gasteiger partial charge in [-0.3, -0.25) is 24.6 Å². The minimum absolute atomic E-state index is 0.197. The lowest BCUT2D eigenvalue weighted by Crippen LogP contribution is -2.28. The Morgan fingerprint density at radius 2 is 1.87 bits per heavy atom. The molecule has 0 saturated carbocycles. The molecule has 0 unspecified atom stereocenters. The largest absolute Gasteiger partial charge is 0.494 e. The summed E-state index contributed by atoms with van der Waals surface area (Å²) >= 11 is 1.32. The van der Waals surface area contributed by atoms with Gasteiger partial charge in [0, 0.05) is 29.3 Å². The summed E-state index contributed by atoms with van der Waals surface area (Å²) in [6.07, 6.45) is 1.34. The minimum Gasteiger partial charge on any atom is -0.494 e. The molecule has 31 heavy (non-hydrogen) atoms. The van der Waals surface area contributed by atoms with Gasteiger partial charge in [-0.15, -0.1) is 11.3 Å². The molecule has 1 fully saturated rings.